The lowest BCUT2D eigenvalue weighted by atomic mass is 10.1. The summed E-state index contributed by atoms with van der Waals surface area (Å²) < 4.78 is 45.6. The lowest BCUT2D eigenvalue weighted by Gasteiger charge is -2.33. The number of sulfonamides is 1. The third-order valence-electron chi connectivity index (χ3n) is 6.78. The van der Waals surface area contributed by atoms with Gasteiger partial charge in [-0.05, 0) is 70.0 Å². The molecular weight excluding hydrogens is 606 g/mol. The van der Waals surface area contributed by atoms with Crippen molar-refractivity contribution >= 4 is 39.1 Å². The van der Waals surface area contributed by atoms with Gasteiger partial charge in [0, 0.05) is 23.2 Å². The van der Waals surface area contributed by atoms with Crippen LogP contribution in [0.5, 0.6) is 17.2 Å². The number of hydrogen-bond donors (Lipinski definition) is 1. The van der Waals surface area contributed by atoms with Crippen molar-refractivity contribution in [2.45, 2.75) is 50.6 Å². The molecule has 44 heavy (non-hydrogen) atoms. The smallest absolute Gasteiger partial charge is 0.265 e. The summed E-state index contributed by atoms with van der Waals surface area (Å²) >= 11 is 6.31. The van der Waals surface area contributed by atoms with Crippen molar-refractivity contribution in [1.82, 2.24) is 10.2 Å². The first kappa shape index (κ1) is 34.5. The molecule has 3 aromatic carbocycles. The van der Waals surface area contributed by atoms with E-state index in [0.29, 0.717) is 12.2 Å². The average Bonchev–Trinajstić information content (AvgIpc) is 2.98. The molecule has 1 atom stereocenters. The molecule has 10 nitrogen and oxygen atoms in total. The second-order valence-corrected chi connectivity index (χ2v) is 13.4. The molecule has 0 aromatic heterocycles. The highest BCUT2D eigenvalue weighted by atomic mass is 35.5. The fraction of sp³-hybridized carbons (Fsp3) is 0.375. The van der Waals surface area contributed by atoms with Crippen LogP contribution in [0.1, 0.15) is 33.3 Å². The van der Waals surface area contributed by atoms with E-state index in [2.05, 4.69) is 5.32 Å². The summed E-state index contributed by atoms with van der Waals surface area (Å²) in [6, 6.07) is 17.2. The highest BCUT2D eigenvalue weighted by Crippen LogP contribution is 2.37. The summed E-state index contributed by atoms with van der Waals surface area (Å²) in [5.41, 5.74) is 0.467. The Labute approximate surface area is 264 Å². The first-order valence-electron chi connectivity index (χ1n) is 14.0. The zero-order valence-corrected chi connectivity index (χ0v) is 27.7. The molecular formula is C32H40ClN3O7S. The Hall–Kier alpha value is -3.96. The normalized spacial score (nSPS) is 12.2. The van der Waals surface area contributed by atoms with Gasteiger partial charge in [-0.3, -0.25) is 13.9 Å². The van der Waals surface area contributed by atoms with Crippen LogP contribution in [0.25, 0.3) is 0 Å². The maximum absolute atomic E-state index is 14.3. The molecule has 3 rings (SSSR count). The van der Waals surface area contributed by atoms with Crippen molar-refractivity contribution in [3.8, 4) is 17.2 Å². The molecule has 0 fully saturated rings. The monoisotopic (exact) mass is 645 g/mol. The van der Waals surface area contributed by atoms with E-state index in [1.165, 1.54) is 56.6 Å². The van der Waals surface area contributed by atoms with Crippen LogP contribution in [-0.4, -0.2) is 71.1 Å². The van der Waals surface area contributed by atoms with Gasteiger partial charge in [0.05, 0.1) is 31.9 Å². The van der Waals surface area contributed by atoms with Gasteiger partial charge in [0.15, 0.2) is 11.5 Å². The van der Waals surface area contributed by atoms with Gasteiger partial charge in [-0.2, -0.15) is 0 Å². The van der Waals surface area contributed by atoms with Crippen molar-refractivity contribution in [1.29, 1.82) is 0 Å². The molecule has 0 spiro atoms. The number of hydrogen-bond acceptors (Lipinski definition) is 7. The molecule has 238 valence electrons. The summed E-state index contributed by atoms with van der Waals surface area (Å²) in [5.74, 6) is -0.257. The number of carbonyl (C=O) groups excluding carboxylic acids is 2. The third-order valence-corrected chi connectivity index (χ3v) is 8.77. The van der Waals surface area contributed by atoms with Crippen LogP contribution in [0, 0.1) is 0 Å². The van der Waals surface area contributed by atoms with Gasteiger partial charge < -0.3 is 24.4 Å². The third kappa shape index (κ3) is 8.57. The number of methoxy groups -OCH3 is 3. The van der Waals surface area contributed by atoms with Crippen LogP contribution < -0.4 is 23.8 Å². The molecule has 1 N–H and O–H groups in total. The molecule has 0 radical (unpaired) electrons. The average molecular weight is 646 g/mol. The predicted molar refractivity (Wildman–Crippen MR) is 171 cm³/mol. The van der Waals surface area contributed by atoms with Crippen LogP contribution in [0.4, 0.5) is 5.69 Å². The number of carbonyl (C=O) groups is 2. The number of rotatable bonds is 13. The highest BCUT2D eigenvalue weighted by Gasteiger charge is 2.35. The van der Waals surface area contributed by atoms with Crippen LogP contribution in [-0.2, 0) is 26.0 Å². The molecule has 0 saturated heterocycles. The van der Waals surface area contributed by atoms with Gasteiger partial charge >= 0.3 is 0 Å². The molecule has 2 amide bonds. The first-order valence-corrected chi connectivity index (χ1v) is 15.8. The minimum Gasteiger partial charge on any atom is -0.495 e. The van der Waals surface area contributed by atoms with Crippen molar-refractivity contribution in [2.24, 2.45) is 0 Å². The maximum Gasteiger partial charge on any atom is 0.265 e. The maximum atomic E-state index is 14.3. The summed E-state index contributed by atoms with van der Waals surface area (Å²) in [6.07, 6.45) is 0.447. The van der Waals surface area contributed by atoms with Gasteiger partial charge in [0.25, 0.3) is 10.0 Å². The molecule has 0 heterocycles. The summed E-state index contributed by atoms with van der Waals surface area (Å²) in [5, 5.41) is 3.15. The fourth-order valence-corrected chi connectivity index (χ4v) is 6.12. The number of nitrogens with one attached hydrogen (secondary N) is 1. The zero-order chi connectivity index (χ0) is 32.7. The Bertz CT molecular complexity index is 1560. The number of amides is 2. The topological polar surface area (TPSA) is 114 Å². The van der Waals surface area contributed by atoms with Gasteiger partial charge in [0.1, 0.15) is 18.3 Å². The largest absolute Gasteiger partial charge is 0.495 e. The molecule has 12 heteroatoms. The Morgan fingerprint density at radius 3 is 2.09 bits per heavy atom. The number of benzene rings is 3. The van der Waals surface area contributed by atoms with Crippen LogP contribution in [0.2, 0.25) is 5.02 Å². The number of anilines is 1. The van der Waals surface area contributed by atoms with Crippen molar-refractivity contribution in [3.63, 3.8) is 0 Å². The first-order chi connectivity index (χ1) is 20.7. The number of nitrogens with zero attached hydrogens (tertiary/aromatic N) is 2. The molecule has 0 bridgehead atoms. The van der Waals surface area contributed by atoms with Crippen LogP contribution in [0.3, 0.4) is 0 Å². The van der Waals surface area contributed by atoms with Crippen LogP contribution in [0.15, 0.2) is 71.6 Å². The van der Waals surface area contributed by atoms with Gasteiger partial charge in [-0.25, -0.2) is 8.42 Å². The van der Waals surface area contributed by atoms with E-state index in [-0.39, 0.29) is 39.6 Å². The molecule has 0 saturated carbocycles. The minimum atomic E-state index is -4.42. The van der Waals surface area contributed by atoms with E-state index in [0.717, 1.165) is 9.87 Å². The molecule has 0 aliphatic rings. The van der Waals surface area contributed by atoms with E-state index in [1.54, 1.807) is 13.0 Å². The summed E-state index contributed by atoms with van der Waals surface area (Å²) in [7, 11) is -0.198. The van der Waals surface area contributed by atoms with Crippen molar-refractivity contribution in [3.05, 3.63) is 77.3 Å². The SMILES string of the molecule is COc1ccc(S(=O)(=O)N(CC(=O)N(CCc2ccccc2)[C@@H](C)C(=O)NC(C)(C)C)c2cc(Cl)ccc2OC)cc1OC. The van der Waals surface area contributed by atoms with E-state index < -0.39 is 34.1 Å². The molecule has 3 aromatic rings. The fourth-order valence-electron chi connectivity index (χ4n) is 4.52. The number of ether oxygens (including phenoxy) is 3. The Kier molecular flexibility index (Phi) is 11.5. The zero-order valence-electron chi connectivity index (χ0n) is 26.1. The molecule has 0 unspecified atom stereocenters. The lowest BCUT2D eigenvalue weighted by molar-refractivity contribution is -0.139. The Morgan fingerprint density at radius 1 is 0.886 bits per heavy atom. The molecule has 0 aliphatic heterocycles. The van der Waals surface area contributed by atoms with Gasteiger partial charge in [0.2, 0.25) is 11.8 Å². The van der Waals surface area contributed by atoms with Crippen LogP contribution >= 0.6 is 11.6 Å². The second-order valence-electron chi connectivity index (χ2n) is 11.1. The van der Waals surface area contributed by atoms with Crippen molar-refractivity contribution < 1.29 is 32.2 Å². The van der Waals surface area contributed by atoms with E-state index >= 15 is 0 Å². The lowest BCUT2D eigenvalue weighted by Crippen LogP contribution is -2.55. The minimum absolute atomic E-state index is 0.0536. The van der Waals surface area contributed by atoms with E-state index in [4.69, 9.17) is 25.8 Å². The quantitative estimate of drug-likeness (QED) is 0.280. The number of halogens is 1. The van der Waals surface area contributed by atoms with Gasteiger partial charge in [-0.15, -0.1) is 0 Å². The van der Waals surface area contributed by atoms with Gasteiger partial charge in [-0.1, -0.05) is 41.9 Å². The summed E-state index contributed by atoms with van der Waals surface area (Å²) in [4.78, 5) is 28.7. The second kappa shape index (κ2) is 14.7. The van der Waals surface area contributed by atoms with E-state index in [9.17, 15) is 18.0 Å². The molecule has 0 aliphatic carbocycles. The standard InChI is InChI=1S/C32H40ClN3O7S/c1-22(31(38)34-32(2,3)4)35(18-17-23-11-9-8-10-12-23)30(37)21-36(26-19-24(33)13-15-27(26)41-5)44(39,40)25-14-16-28(42-6)29(20-25)43-7/h8-16,19-20,22H,17-18,21H2,1-7H3,(H,34,38)/t22-/m0/s1. The Balaban J connectivity index is 2.11. The Morgan fingerprint density at radius 2 is 1.50 bits per heavy atom. The highest BCUT2D eigenvalue weighted by molar-refractivity contribution is 7.92. The predicted octanol–water partition coefficient (Wildman–Crippen LogP) is 4.94. The van der Waals surface area contributed by atoms with E-state index in [1.807, 2.05) is 51.1 Å². The van der Waals surface area contributed by atoms with Crippen molar-refractivity contribution in [2.75, 3.05) is 38.7 Å². The summed E-state index contributed by atoms with van der Waals surface area (Å²) in [6.45, 7) is 6.68.